The van der Waals surface area contributed by atoms with E-state index < -0.39 is 0 Å². The van der Waals surface area contributed by atoms with E-state index in [9.17, 15) is 0 Å². The molecular formula is C9H14O2. The van der Waals surface area contributed by atoms with Crippen LogP contribution in [-0.4, -0.2) is 19.0 Å². The summed E-state index contributed by atoms with van der Waals surface area (Å²) in [5, 5.41) is 0. The number of rotatable bonds is 2. The standard InChI is InChI=1S/C9H14O2/c1-3-4-5-6-9(2)10-7-8-11-9/h5-8H2,1-2H3. The molecule has 0 saturated carbocycles. The second-order valence-electron chi connectivity index (χ2n) is 2.76. The Balaban J connectivity index is 2.26. The lowest BCUT2D eigenvalue weighted by Gasteiger charge is -2.20. The van der Waals surface area contributed by atoms with Crippen molar-refractivity contribution in [3.8, 4) is 11.8 Å². The molecule has 1 fully saturated rings. The first kappa shape index (κ1) is 8.58. The topological polar surface area (TPSA) is 18.5 Å². The van der Waals surface area contributed by atoms with Crippen LogP contribution < -0.4 is 0 Å². The molecule has 0 amide bonds. The van der Waals surface area contributed by atoms with E-state index in [0.717, 1.165) is 26.1 Å². The minimum atomic E-state index is -0.357. The Morgan fingerprint density at radius 2 is 2.00 bits per heavy atom. The molecule has 0 aromatic heterocycles. The average molecular weight is 154 g/mol. The Morgan fingerprint density at radius 3 is 2.55 bits per heavy atom. The van der Waals surface area contributed by atoms with Crippen LogP contribution in [0.4, 0.5) is 0 Å². The first-order chi connectivity index (χ1) is 5.27. The average Bonchev–Trinajstić information content (AvgIpc) is 2.38. The monoisotopic (exact) mass is 154 g/mol. The normalized spacial score (nSPS) is 20.9. The van der Waals surface area contributed by atoms with Gasteiger partial charge in [0.25, 0.3) is 0 Å². The fraction of sp³-hybridized carbons (Fsp3) is 0.778. The number of ether oxygens (including phenoxy) is 2. The highest BCUT2D eigenvalue weighted by atomic mass is 16.7. The van der Waals surface area contributed by atoms with E-state index in [1.54, 1.807) is 0 Å². The Morgan fingerprint density at radius 1 is 1.36 bits per heavy atom. The maximum absolute atomic E-state index is 5.40. The van der Waals surface area contributed by atoms with Crippen molar-refractivity contribution in [2.75, 3.05) is 13.2 Å². The van der Waals surface area contributed by atoms with Crippen LogP contribution in [0.2, 0.25) is 0 Å². The molecule has 0 N–H and O–H groups in total. The molecule has 11 heavy (non-hydrogen) atoms. The summed E-state index contributed by atoms with van der Waals surface area (Å²) in [5.74, 6) is 5.48. The Labute approximate surface area is 67.9 Å². The van der Waals surface area contributed by atoms with Crippen LogP contribution in [0.15, 0.2) is 0 Å². The van der Waals surface area contributed by atoms with E-state index in [-0.39, 0.29) is 5.79 Å². The minimum absolute atomic E-state index is 0.357. The van der Waals surface area contributed by atoms with Crippen LogP contribution >= 0.6 is 0 Å². The fourth-order valence-electron chi connectivity index (χ4n) is 1.12. The molecule has 1 rings (SSSR count). The molecule has 1 saturated heterocycles. The summed E-state index contributed by atoms with van der Waals surface area (Å²) >= 11 is 0. The van der Waals surface area contributed by atoms with Gasteiger partial charge >= 0.3 is 0 Å². The van der Waals surface area contributed by atoms with Crippen molar-refractivity contribution < 1.29 is 9.47 Å². The van der Waals surface area contributed by atoms with E-state index in [0.29, 0.717) is 0 Å². The Hall–Kier alpha value is -0.520. The highest BCUT2D eigenvalue weighted by Crippen LogP contribution is 2.23. The second kappa shape index (κ2) is 3.75. The van der Waals surface area contributed by atoms with Gasteiger partial charge in [0.05, 0.1) is 13.2 Å². The molecule has 0 radical (unpaired) electrons. The second-order valence-corrected chi connectivity index (χ2v) is 2.76. The van der Waals surface area contributed by atoms with Gasteiger partial charge < -0.3 is 9.47 Å². The van der Waals surface area contributed by atoms with Gasteiger partial charge in [-0.05, 0) is 13.8 Å². The van der Waals surface area contributed by atoms with Gasteiger partial charge in [-0.15, -0.1) is 11.8 Å². The summed E-state index contributed by atoms with van der Waals surface area (Å²) < 4.78 is 10.8. The molecule has 1 aliphatic rings. The molecule has 0 unspecified atom stereocenters. The van der Waals surface area contributed by atoms with E-state index in [1.807, 2.05) is 13.8 Å². The molecule has 0 spiro atoms. The third-order valence-corrected chi connectivity index (χ3v) is 1.78. The zero-order valence-corrected chi connectivity index (χ0v) is 7.14. The van der Waals surface area contributed by atoms with Gasteiger partial charge in [0.15, 0.2) is 5.79 Å². The molecule has 1 heterocycles. The van der Waals surface area contributed by atoms with E-state index in [4.69, 9.17) is 9.47 Å². The molecule has 1 aliphatic heterocycles. The van der Waals surface area contributed by atoms with Crippen LogP contribution in [0.5, 0.6) is 0 Å². The van der Waals surface area contributed by atoms with E-state index in [1.165, 1.54) is 0 Å². The Bertz CT molecular complexity index is 170. The summed E-state index contributed by atoms with van der Waals surface area (Å²) in [5.41, 5.74) is 0. The van der Waals surface area contributed by atoms with Crippen molar-refractivity contribution >= 4 is 0 Å². The van der Waals surface area contributed by atoms with Crippen LogP contribution in [0, 0.1) is 11.8 Å². The summed E-state index contributed by atoms with van der Waals surface area (Å²) in [4.78, 5) is 0. The van der Waals surface area contributed by atoms with Crippen LogP contribution in [0.1, 0.15) is 26.7 Å². The van der Waals surface area contributed by atoms with Gasteiger partial charge in [-0.2, -0.15) is 0 Å². The quantitative estimate of drug-likeness (QED) is 0.562. The summed E-state index contributed by atoms with van der Waals surface area (Å²) in [6.45, 7) is 5.25. The van der Waals surface area contributed by atoms with Crippen LogP contribution in [-0.2, 0) is 9.47 Å². The summed E-state index contributed by atoms with van der Waals surface area (Å²) in [6.07, 6.45) is 1.72. The number of hydrogen-bond acceptors (Lipinski definition) is 2. The lowest BCUT2D eigenvalue weighted by atomic mass is 10.2. The highest BCUT2D eigenvalue weighted by molar-refractivity contribution is 4.95. The molecular weight excluding hydrogens is 140 g/mol. The predicted octanol–water partition coefficient (Wildman–Crippen LogP) is 1.55. The smallest absolute Gasteiger partial charge is 0.166 e. The van der Waals surface area contributed by atoms with Crippen molar-refractivity contribution in [3.05, 3.63) is 0 Å². The van der Waals surface area contributed by atoms with Gasteiger partial charge in [0, 0.05) is 12.8 Å². The zero-order valence-electron chi connectivity index (χ0n) is 7.14. The van der Waals surface area contributed by atoms with Gasteiger partial charge in [-0.1, -0.05) is 0 Å². The summed E-state index contributed by atoms with van der Waals surface area (Å²) in [7, 11) is 0. The molecule has 0 aliphatic carbocycles. The zero-order chi connectivity index (χ0) is 8.16. The van der Waals surface area contributed by atoms with Crippen molar-refractivity contribution in [1.29, 1.82) is 0 Å². The van der Waals surface area contributed by atoms with Gasteiger partial charge in [-0.25, -0.2) is 0 Å². The van der Waals surface area contributed by atoms with E-state index >= 15 is 0 Å². The van der Waals surface area contributed by atoms with Gasteiger partial charge in [-0.3, -0.25) is 0 Å². The molecule has 62 valence electrons. The largest absolute Gasteiger partial charge is 0.348 e. The van der Waals surface area contributed by atoms with Gasteiger partial charge in [0.1, 0.15) is 0 Å². The third-order valence-electron chi connectivity index (χ3n) is 1.78. The summed E-state index contributed by atoms with van der Waals surface area (Å²) in [6, 6.07) is 0. The third kappa shape index (κ3) is 2.53. The molecule has 0 bridgehead atoms. The SMILES string of the molecule is CC#CCCC1(C)OCCO1. The molecule has 2 heteroatoms. The van der Waals surface area contributed by atoms with Crippen molar-refractivity contribution in [1.82, 2.24) is 0 Å². The highest BCUT2D eigenvalue weighted by Gasteiger charge is 2.29. The lowest BCUT2D eigenvalue weighted by Crippen LogP contribution is -2.24. The maximum atomic E-state index is 5.40. The minimum Gasteiger partial charge on any atom is -0.348 e. The predicted molar refractivity (Wildman–Crippen MR) is 43.0 cm³/mol. The lowest BCUT2D eigenvalue weighted by molar-refractivity contribution is -0.145. The molecule has 0 aromatic carbocycles. The van der Waals surface area contributed by atoms with E-state index in [2.05, 4.69) is 11.8 Å². The van der Waals surface area contributed by atoms with Crippen LogP contribution in [0.3, 0.4) is 0 Å². The fourth-order valence-corrected chi connectivity index (χ4v) is 1.12. The molecule has 2 nitrogen and oxygen atoms in total. The molecule has 0 aromatic rings. The number of hydrogen-bond donors (Lipinski definition) is 0. The van der Waals surface area contributed by atoms with Crippen LogP contribution in [0.25, 0.3) is 0 Å². The first-order valence-corrected chi connectivity index (χ1v) is 3.94. The molecule has 0 atom stereocenters. The van der Waals surface area contributed by atoms with Crippen molar-refractivity contribution in [3.63, 3.8) is 0 Å². The Kier molecular flexibility index (Phi) is 2.92. The first-order valence-electron chi connectivity index (χ1n) is 3.94. The van der Waals surface area contributed by atoms with Gasteiger partial charge in [0.2, 0.25) is 0 Å². The van der Waals surface area contributed by atoms with Crippen molar-refractivity contribution in [2.24, 2.45) is 0 Å². The van der Waals surface area contributed by atoms with Crippen molar-refractivity contribution in [2.45, 2.75) is 32.5 Å². The maximum Gasteiger partial charge on any atom is 0.166 e.